The van der Waals surface area contributed by atoms with E-state index < -0.39 is 17.2 Å². The Morgan fingerprint density at radius 1 is 0.941 bits per heavy atom. The molecule has 0 N–H and O–H groups in total. The molecule has 0 radical (unpaired) electrons. The first-order valence-electron chi connectivity index (χ1n) is 11.7. The molecule has 176 valence electrons. The van der Waals surface area contributed by atoms with Crippen molar-refractivity contribution in [2.75, 3.05) is 24.5 Å². The second-order valence-electron chi connectivity index (χ2n) is 9.48. The average molecular weight is 463 g/mol. The predicted molar refractivity (Wildman–Crippen MR) is 129 cm³/mol. The number of carbonyl (C=O) groups excluding carboxylic acids is 1. The van der Waals surface area contributed by atoms with Crippen LogP contribution in [0.3, 0.4) is 0 Å². The van der Waals surface area contributed by atoms with Gasteiger partial charge in [0.25, 0.3) is 0 Å². The van der Waals surface area contributed by atoms with Gasteiger partial charge in [0.15, 0.2) is 0 Å². The quantitative estimate of drug-likeness (QED) is 0.460. The second-order valence-corrected chi connectivity index (χ2v) is 9.48. The first-order chi connectivity index (χ1) is 16.3. The molecule has 2 aliphatic heterocycles. The molecule has 5 rings (SSSR count). The molecule has 0 saturated carbocycles. The maximum Gasteiger partial charge on any atom is 0.415 e. The van der Waals surface area contributed by atoms with E-state index in [9.17, 15) is 13.6 Å². The summed E-state index contributed by atoms with van der Waals surface area (Å²) in [6.07, 6.45) is 1.31. The minimum Gasteiger partial charge on any atom is -0.441 e. The Hall–Kier alpha value is -3.25. The Kier molecular flexibility index (Phi) is 5.86. The Balaban J connectivity index is 1.26. The van der Waals surface area contributed by atoms with Crippen LogP contribution in [0.25, 0.3) is 11.1 Å². The molecule has 2 saturated heterocycles. The molecule has 0 aromatic heterocycles. The highest BCUT2D eigenvalue weighted by Crippen LogP contribution is 2.36. The third-order valence-corrected chi connectivity index (χ3v) is 7.00. The maximum absolute atomic E-state index is 14.4. The van der Waals surface area contributed by atoms with Crippen LogP contribution in [-0.4, -0.2) is 36.2 Å². The number of benzene rings is 3. The summed E-state index contributed by atoms with van der Waals surface area (Å²) < 4.78 is 33.6. The normalized spacial score (nSPS) is 17.9. The lowest BCUT2D eigenvalue weighted by molar-refractivity contribution is -0.000979. The van der Waals surface area contributed by atoms with E-state index in [0.717, 1.165) is 66.5 Å². The van der Waals surface area contributed by atoms with Gasteiger partial charge in [-0.25, -0.2) is 13.6 Å². The first-order valence-corrected chi connectivity index (χ1v) is 11.7. The molecule has 0 unspecified atom stereocenters. The van der Waals surface area contributed by atoms with Gasteiger partial charge in [-0.1, -0.05) is 30.3 Å². The second kappa shape index (κ2) is 8.84. The van der Waals surface area contributed by atoms with E-state index in [1.165, 1.54) is 12.1 Å². The van der Waals surface area contributed by atoms with Gasteiger partial charge in [0.05, 0.1) is 6.54 Å². The topological polar surface area (TPSA) is 32.8 Å². The predicted octanol–water partition coefficient (Wildman–Crippen LogP) is 6.24. The smallest absolute Gasteiger partial charge is 0.415 e. The Bertz CT molecular complexity index is 1200. The van der Waals surface area contributed by atoms with Crippen molar-refractivity contribution < 1.29 is 18.3 Å². The van der Waals surface area contributed by atoms with Gasteiger partial charge < -0.3 is 4.74 Å². The molecule has 0 aliphatic carbocycles. The standard InChI is InChI=1S/C28H28F2N2O2/c1-19-14-21(15-20(2)26(19)24-9-8-22(29)16-25(24)30)17-31-12-10-28(11-13-31)18-32(27(33)34-28)23-6-4-3-5-7-23/h3-9,14-16H,10-13,17-18H2,1-2H3. The van der Waals surface area contributed by atoms with E-state index in [1.807, 2.05) is 44.2 Å². The van der Waals surface area contributed by atoms with Crippen LogP contribution in [0.2, 0.25) is 0 Å². The fraction of sp³-hybridized carbons (Fsp3) is 0.321. The maximum atomic E-state index is 14.4. The lowest BCUT2D eigenvalue weighted by atomic mass is 9.90. The van der Waals surface area contributed by atoms with Gasteiger partial charge in [0.2, 0.25) is 0 Å². The third kappa shape index (κ3) is 4.30. The summed E-state index contributed by atoms with van der Waals surface area (Å²) in [6.45, 7) is 6.97. The average Bonchev–Trinajstić information content (AvgIpc) is 3.13. The first kappa shape index (κ1) is 22.5. The highest BCUT2D eigenvalue weighted by atomic mass is 19.1. The van der Waals surface area contributed by atoms with E-state index in [2.05, 4.69) is 17.0 Å². The Morgan fingerprint density at radius 3 is 2.26 bits per heavy atom. The van der Waals surface area contributed by atoms with Crippen molar-refractivity contribution in [1.29, 1.82) is 0 Å². The number of halogens is 2. The van der Waals surface area contributed by atoms with Crippen LogP contribution in [0.4, 0.5) is 19.3 Å². The number of nitrogens with zero attached hydrogens (tertiary/aromatic N) is 2. The molecule has 2 fully saturated rings. The number of rotatable bonds is 4. The lowest BCUT2D eigenvalue weighted by Gasteiger charge is -2.37. The van der Waals surface area contributed by atoms with E-state index in [4.69, 9.17) is 4.74 Å². The number of carbonyl (C=O) groups is 1. The number of likely N-dealkylation sites (tertiary alicyclic amines) is 1. The summed E-state index contributed by atoms with van der Waals surface area (Å²) >= 11 is 0. The minimum absolute atomic E-state index is 0.269. The zero-order chi connectivity index (χ0) is 23.9. The molecular formula is C28H28F2N2O2. The molecular weight excluding hydrogens is 434 g/mol. The minimum atomic E-state index is -0.573. The Labute approximate surface area is 198 Å². The number of ether oxygens (including phenoxy) is 1. The fourth-order valence-electron chi connectivity index (χ4n) is 5.33. The highest BCUT2D eigenvalue weighted by Gasteiger charge is 2.47. The zero-order valence-electron chi connectivity index (χ0n) is 19.5. The number of anilines is 1. The van der Waals surface area contributed by atoms with Crippen LogP contribution >= 0.6 is 0 Å². The van der Waals surface area contributed by atoms with Crippen LogP contribution in [0.5, 0.6) is 0 Å². The van der Waals surface area contributed by atoms with Crippen molar-refractivity contribution in [3.63, 3.8) is 0 Å². The van der Waals surface area contributed by atoms with Crippen molar-refractivity contribution in [1.82, 2.24) is 4.90 Å². The SMILES string of the molecule is Cc1cc(CN2CCC3(CC2)CN(c2ccccc2)C(=O)O3)cc(C)c1-c1ccc(F)cc1F. The molecule has 0 bridgehead atoms. The summed E-state index contributed by atoms with van der Waals surface area (Å²) in [5.74, 6) is -1.12. The lowest BCUT2D eigenvalue weighted by Crippen LogP contribution is -2.46. The van der Waals surface area contributed by atoms with Crippen molar-refractivity contribution in [3.8, 4) is 11.1 Å². The van der Waals surface area contributed by atoms with Crippen LogP contribution < -0.4 is 4.90 Å². The van der Waals surface area contributed by atoms with E-state index in [1.54, 1.807) is 4.90 Å². The Morgan fingerprint density at radius 2 is 1.62 bits per heavy atom. The number of piperidine rings is 1. The van der Waals surface area contributed by atoms with Crippen LogP contribution in [0.15, 0.2) is 60.7 Å². The largest absolute Gasteiger partial charge is 0.441 e. The van der Waals surface area contributed by atoms with E-state index >= 15 is 0 Å². The molecule has 4 nitrogen and oxygen atoms in total. The van der Waals surface area contributed by atoms with Crippen LogP contribution in [0.1, 0.15) is 29.5 Å². The van der Waals surface area contributed by atoms with Gasteiger partial charge in [-0.3, -0.25) is 9.80 Å². The number of para-hydroxylation sites is 1. The van der Waals surface area contributed by atoms with Gasteiger partial charge in [-0.05, 0) is 60.4 Å². The van der Waals surface area contributed by atoms with Crippen LogP contribution in [0, 0.1) is 25.5 Å². The molecule has 2 aliphatic rings. The summed E-state index contributed by atoms with van der Waals surface area (Å²) in [5, 5.41) is 0. The number of aryl methyl sites for hydroxylation is 2. The van der Waals surface area contributed by atoms with Gasteiger partial charge in [-0.15, -0.1) is 0 Å². The molecule has 0 atom stereocenters. The summed E-state index contributed by atoms with van der Waals surface area (Å²) in [6, 6.07) is 17.6. The third-order valence-electron chi connectivity index (χ3n) is 7.00. The van der Waals surface area contributed by atoms with Crippen molar-refractivity contribution >= 4 is 11.8 Å². The zero-order valence-corrected chi connectivity index (χ0v) is 19.5. The molecule has 3 aromatic carbocycles. The van der Waals surface area contributed by atoms with E-state index in [0.29, 0.717) is 12.1 Å². The van der Waals surface area contributed by atoms with Gasteiger partial charge in [-0.2, -0.15) is 0 Å². The fourth-order valence-corrected chi connectivity index (χ4v) is 5.33. The van der Waals surface area contributed by atoms with Gasteiger partial charge in [0, 0.05) is 49.8 Å². The van der Waals surface area contributed by atoms with Gasteiger partial charge >= 0.3 is 6.09 Å². The van der Waals surface area contributed by atoms with Crippen molar-refractivity contribution in [3.05, 3.63) is 89.0 Å². The summed E-state index contributed by atoms with van der Waals surface area (Å²) in [5.41, 5.74) is 4.78. The summed E-state index contributed by atoms with van der Waals surface area (Å²) in [7, 11) is 0. The monoisotopic (exact) mass is 462 g/mol. The molecule has 1 amide bonds. The molecule has 6 heteroatoms. The highest BCUT2D eigenvalue weighted by molar-refractivity contribution is 5.90. The summed E-state index contributed by atoms with van der Waals surface area (Å²) in [4.78, 5) is 16.6. The molecule has 34 heavy (non-hydrogen) atoms. The molecule has 3 aromatic rings. The van der Waals surface area contributed by atoms with Crippen LogP contribution in [-0.2, 0) is 11.3 Å². The number of hydrogen-bond acceptors (Lipinski definition) is 3. The van der Waals surface area contributed by atoms with E-state index in [-0.39, 0.29) is 6.09 Å². The molecule has 2 heterocycles. The van der Waals surface area contributed by atoms with Crippen molar-refractivity contribution in [2.24, 2.45) is 0 Å². The number of amides is 1. The number of hydrogen-bond donors (Lipinski definition) is 0. The van der Waals surface area contributed by atoms with Gasteiger partial charge in [0.1, 0.15) is 17.2 Å². The van der Waals surface area contributed by atoms with Crippen molar-refractivity contribution in [2.45, 2.75) is 38.8 Å². The molecule has 1 spiro atoms.